The van der Waals surface area contributed by atoms with Gasteiger partial charge in [-0.15, -0.1) is 0 Å². The third kappa shape index (κ3) is 3.64. The Hall–Kier alpha value is -0.0800. The Balaban J connectivity index is 1.48. The molecule has 0 aromatic carbocycles. The number of hydrogen-bond donors (Lipinski definition) is 1. The highest BCUT2D eigenvalue weighted by Gasteiger charge is 2.37. The van der Waals surface area contributed by atoms with Crippen LogP contribution in [0.25, 0.3) is 0 Å². The molecule has 2 atom stereocenters. The van der Waals surface area contributed by atoms with Gasteiger partial charge >= 0.3 is 0 Å². The Morgan fingerprint density at radius 2 is 1.38 bits per heavy atom. The van der Waals surface area contributed by atoms with E-state index >= 15 is 0 Å². The summed E-state index contributed by atoms with van der Waals surface area (Å²) >= 11 is 0. The van der Waals surface area contributed by atoms with E-state index in [1.165, 1.54) is 57.8 Å². The van der Waals surface area contributed by atoms with Crippen LogP contribution in [0.2, 0.25) is 0 Å². The highest BCUT2D eigenvalue weighted by Crippen LogP contribution is 2.38. The fraction of sp³-hybridized carbons (Fsp3) is 1.00. The molecule has 0 aromatic rings. The minimum Gasteiger partial charge on any atom is -0.311 e. The van der Waals surface area contributed by atoms with Gasteiger partial charge in [-0.2, -0.15) is 0 Å². The van der Waals surface area contributed by atoms with Gasteiger partial charge < -0.3 is 10.2 Å². The van der Waals surface area contributed by atoms with Crippen molar-refractivity contribution in [3.05, 3.63) is 0 Å². The lowest BCUT2D eigenvalue weighted by molar-refractivity contribution is 0.0422. The third-order valence-electron chi connectivity index (χ3n) is 6.76. The number of nitrogens with zero attached hydrogens (tertiary/aromatic N) is 1. The van der Waals surface area contributed by atoms with Gasteiger partial charge in [-0.25, -0.2) is 0 Å². The molecule has 2 aliphatic heterocycles. The fourth-order valence-electron chi connectivity index (χ4n) is 5.21. The Morgan fingerprint density at radius 1 is 0.810 bits per heavy atom. The molecule has 122 valence electrons. The van der Waals surface area contributed by atoms with Gasteiger partial charge in [0.2, 0.25) is 0 Å². The Labute approximate surface area is 132 Å². The molecule has 2 heterocycles. The van der Waals surface area contributed by atoms with Crippen LogP contribution in [-0.4, -0.2) is 36.1 Å². The van der Waals surface area contributed by atoms with Crippen LogP contribution in [0.15, 0.2) is 0 Å². The molecule has 2 saturated heterocycles. The molecule has 0 radical (unpaired) electrons. The molecule has 0 amide bonds. The lowest BCUT2D eigenvalue weighted by Crippen LogP contribution is -2.56. The topological polar surface area (TPSA) is 15.3 Å². The van der Waals surface area contributed by atoms with Crippen molar-refractivity contribution < 1.29 is 0 Å². The van der Waals surface area contributed by atoms with E-state index in [0.717, 1.165) is 30.1 Å². The maximum Gasteiger partial charge on any atom is 0.0110 e. The first-order chi connectivity index (χ1) is 9.93. The molecular formula is C19H36N2. The second-order valence-corrected chi connectivity index (χ2v) is 9.15. The van der Waals surface area contributed by atoms with Gasteiger partial charge in [0.05, 0.1) is 0 Å². The predicted octanol–water partition coefficient (Wildman–Crippen LogP) is 4.20. The van der Waals surface area contributed by atoms with E-state index < -0.39 is 0 Å². The van der Waals surface area contributed by atoms with Gasteiger partial charge in [0.25, 0.3) is 0 Å². The first-order valence-corrected chi connectivity index (χ1v) is 9.41. The molecule has 1 N–H and O–H groups in total. The summed E-state index contributed by atoms with van der Waals surface area (Å²) in [5, 5.41) is 4.05. The molecule has 3 fully saturated rings. The van der Waals surface area contributed by atoms with Crippen molar-refractivity contribution in [3.63, 3.8) is 0 Å². The van der Waals surface area contributed by atoms with Gasteiger partial charge in [-0.05, 0) is 69.7 Å². The van der Waals surface area contributed by atoms with Crippen molar-refractivity contribution >= 4 is 0 Å². The van der Waals surface area contributed by atoms with Crippen LogP contribution in [0.5, 0.6) is 0 Å². The predicted molar refractivity (Wildman–Crippen MR) is 90.5 cm³/mol. The van der Waals surface area contributed by atoms with Crippen molar-refractivity contribution in [1.29, 1.82) is 0 Å². The maximum absolute atomic E-state index is 4.05. The Bertz CT molecular complexity index is 324. The van der Waals surface area contributed by atoms with E-state index in [1.54, 1.807) is 0 Å². The number of piperidine rings is 2. The number of nitrogens with one attached hydrogen (secondary N) is 1. The minimum atomic E-state index is 0.509. The number of rotatable bonds is 2. The summed E-state index contributed by atoms with van der Waals surface area (Å²) in [5.74, 6) is 0.937. The molecule has 3 aliphatic rings. The number of hydrogen-bond acceptors (Lipinski definition) is 2. The second kappa shape index (κ2) is 6.20. The maximum atomic E-state index is 4.05. The van der Waals surface area contributed by atoms with Crippen LogP contribution < -0.4 is 5.32 Å². The van der Waals surface area contributed by atoms with E-state index in [4.69, 9.17) is 0 Å². The van der Waals surface area contributed by atoms with Gasteiger partial charge in [0.15, 0.2) is 0 Å². The second-order valence-electron chi connectivity index (χ2n) is 9.15. The van der Waals surface area contributed by atoms with Crippen LogP contribution in [0.3, 0.4) is 0 Å². The van der Waals surface area contributed by atoms with Crippen LogP contribution in [0, 0.1) is 11.3 Å². The van der Waals surface area contributed by atoms with Crippen LogP contribution in [0.4, 0.5) is 0 Å². The van der Waals surface area contributed by atoms with E-state index in [2.05, 4.69) is 38.0 Å². The summed E-state index contributed by atoms with van der Waals surface area (Å²) in [5.41, 5.74) is 0.509. The largest absolute Gasteiger partial charge is 0.311 e. The highest BCUT2D eigenvalue weighted by atomic mass is 15.2. The molecule has 21 heavy (non-hydrogen) atoms. The van der Waals surface area contributed by atoms with Crippen LogP contribution >= 0.6 is 0 Å². The smallest absolute Gasteiger partial charge is 0.0110 e. The zero-order valence-electron chi connectivity index (χ0n) is 14.7. The summed E-state index contributed by atoms with van der Waals surface area (Å²) in [7, 11) is 2.36. The standard InChI is InChI=1S/C19H36N2/c1-19(2,3)14-8-10-15(11-9-14)20-16-12-17-6-5-7-18(13-16)21(17)4/h14-18,20H,5-13H2,1-4H3. The molecule has 3 rings (SSSR count). The van der Waals surface area contributed by atoms with Crippen LogP contribution in [0.1, 0.15) is 78.6 Å². The van der Waals surface area contributed by atoms with E-state index in [9.17, 15) is 0 Å². The molecule has 2 heteroatoms. The van der Waals surface area contributed by atoms with Crippen molar-refractivity contribution in [2.75, 3.05) is 7.05 Å². The highest BCUT2D eigenvalue weighted by molar-refractivity contribution is 4.95. The van der Waals surface area contributed by atoms with Gasteiger partial charge in [0.1, 0.15) is 0 Å². The first kappa shape index (κ1) is 15.8. The molecule has 0 aromatic heterocycles. The van der Waals surface area contributed by atoms with Gasteiger partial charge in [-0.3, -0.25) is 0 Å². The number of fused-ring (bicyclic) bond motifs is 2. The van der Waals surface area contributed by atoms with Gasteiger partial charge in [0, 0.05) is 24.2 Å². The monoisotopic (exact) mass is 292 g/mol. The summed E-state index contributed by atoms with van der Waals surface area (Å²) < 4.78 is 0. The van der Waals surface area contributed by atoms with Crippen molar-refractivity contribution in [3.8, 4) is 0 Å². The van der Waals surface area contributed by atoms with Crippen molar-refractivity contribution in [2.24, 2.45) is 11.3 Å². The van der Waals surface area contributed by atoms with Crippen molar-refractivity contribution in [2.45, 2.75) is 103 Å². The zero-order chi connectivity index (χ0) is 15.0. The first-order valence-electron chi connectivity index (χ1n) is 9.41. The SMILES string of the molecule is CN1C2CCCC1CC(NC1CCC(C(C)(C)C)CC1)C2. The molecule has 2 nitrogen and oxygen atoms in total. The lowest BCUT2D eigenvalue weighted by Gasteiger charge is -2.48. The van der Waals surface area contributed by atoms with Gasteiger partial charge in [-0.1, -0.05) is 27.2 Å². The normalized spacial score (nSPS) is 42.0. The molecule has 1 saturated carbocycles. The third-order valence-corrected chi connectivity index (χ3v) is 6.76. The Kier molecular flexibility index (Phi) is 4.66. The summed E-state index contributed by atoms with van der Waals surface area (Å²) in [4.78, 5) is 2.68. The zero-order valence-corrected chi connectivity index (χ0v) is 14.7. The quantitative estimate of drug-likeness (QED) is 0.820. The fourth-order valence-corrected chi connectivity index (χ4v) is 5.21. The molecular weight excluding hydrogens is 256 g/mol. The van der Waals surface area contributed by atoms with Crippen LogP contribution in [-0.2, 0) is 0 Å². The summed E-state index contributed by atoms with van der Waals surface area (Å²) in [6.45, 7) is 7.26. The molecule has 1 aliphatic carbocycles. The average molecular weight is 293 g/mol. The lowest BCUT2D eigenvalue weighted by atomic mass is 9.71. The summed E-state index contributed by atoms with van der Waals surface area (Å²) in [6.07, 6.45) is 12.8. The van der Waals surface area contributed by atoms with E-state index in [0.29, 0.717) is 5.41 Å². The molecule has 2 unspecified atom stereocenters. The molecule has 0 spiro atoms. The summed E-state index contributed by atoms with van der Waals surface area (Å²) in [6, 6.07) is 3.33. The van der Waals surface area contributed by atoms with Crippen molar-refractivity contribution in [1.82, 2.24) is 10.2 Å². The van der Waals surface area contributed by atoms with E-state index in [-0.39, 0.29) is 0 Å². The molecule has 2 bridgehead atoms. The van der Waals surface area contributed by atoms with E-state index in [1.807, 2.05) is 0 Å². The minimum absolute atomic E-state index is 0.509. The Morgan fingerprint density at radius 3 is 1.90 bits per heavy atom. The average Bonchev–Trinajstić information content (AvgIpc) is 2.39.